The van der Waals surface area contributed by atoms with Gasteiger partial charge in [-0.2, -0.15) is 0 Å². The molecule has 0 spiro atoms. The van der Waals surface area contributed by atoms with Gasteiger partial charge in [0.1, 0.15) is 6.04 Å². The van der Waals surface area contributed by atoms with Gasteiger partial charge in [-0.15, -0.1) is 0 Å². The molecule has 0 aromatic heterocycles. The predicted molar refractivity (Wildman–Crippen MR) is 99.7 cm³/mol. The Kier molecular flexibility index (Phi) is 3.80. The second kappa shape index (κ2) is 6.13. The lowest BCUT2D eigenvalue weighted by molar-refractivity contribution is -0.136. The number of anilines is 1. The SMILES string of the molecule is O=C1CCC(N2C(=O)c3ccc(NCC45CCC4CCN5)cc3C2=O)C(=O)N1. The van der Waals surface area contributed by atoms with Crippen LogP contribution in [0.4, 0.5) is 5.69 Å². The van der Waals surface area contributed by atoms with Gasteiger partial charge in [0.2, 0.25) is 11.8 Å². The van der Waals surface area contributed by atoms with E-state index in [0.29, 0.717) is 17.0 Å². The number of imide groups is 2. The molecule has 2 saturated heterocycles. The van der Waals surface area contributed by atoms with E-state index in [-0.39, 0.29) is 24.3 Å². The fraction of sp³-hybridized carbons (Fsp3) is 0.500. The molecule has 3 atom stereocenters. The van der Waals surface area contributed by atoms with Crippen molar-refractivity contribution in [2.24, 2.45) is 5.92 Å². The van der Waals surface area contributed by atoms with Crippen LogP contribution in [0.15, 0.2) is 18.2 Å². The molecule has 1 aliphatic carbocycles. The third kappa shape index (κ3) is 2.47. The predicted octanol–water partition coefficient (Wildman–Crippen LogP) is 0.642. The van der Waals surface area contributed by atoms with Gasteiger partial charge in [-0.3, -0.25) is 29.4 Å². The second-order valence-corrected chi connectivity index (χ2v) is 8.17. The van der Waals surface area contributed by atoms with Gasteiger partial charge in [-0.1, -0.05) is 0 Å². The number of nitrogens with one attached hydrogen (secondary N) is 3. The molecule has 0 bridgehead atoms. The minimum absolute atomic E-state index is 0.118. The smallest absolute Gasteiger partial charge is 0.262 e. The van der Waals surface area contributed by atoms with E-state index in [1.807, 2.05) is 0 Å². The van der Waals surface area contributed by atoms with Crippen molar-refractivity contribution in [3.8, 4) is 0 Å². The zero-order valence-corrected chi connectivity index (χ0v) is 15.4. The van der Waals surface area contributed by atoms with Gasteiger partial charge in [-0.25, -0.2) is 0 Å². The summed E-state index contributed by atoms with van der Waals surface area (Å²) in [5.74, 6) is -1.21. The van der Waals surface area contributed by atoms with Crippen LogP contribution in [0.3, 0.4) is 0 Å². The highest BCUT2D eigenvalue weighted by atomic mass is 16.2. The van der Waals surface area contributed by atoms with E-state index in [1.54, 1.807) is 18.2 Å². The fourth-order valence-corrected chi connectivity index (χ4v) is 4.98. The molecule has 1 saturated carbocycles. The average molecular weight is 382 g/mol. The van der Waals surface area contributed by atoms with Gasteiger partial charge < -0.3 is 10.6 Å². The Hall–Kier alpha value is -2.74. The standard InChI is InChI=1S/C20H22N4O4/c25-16-4-3-15(17(26)23-16)24-18(27)13-2-1-12(9-14(13)19(24)28)21-10-20-7-5-11(20)6-8-22-20/h1-2,9,11,15,21-22H,3-8,10H2,(H,23,25,26). The van der Waals surface area contributed by atoms with E-state index in [1.165, 1.54) is 12.8 Å². The molecule has 146 valence electrons. The number of amides is 4. The summed E-state index contributed by atoms with van der Waals surface area (Å²) < 4.78 is 0. The molecule has 3 fully saturated rings. The van der Waals surface area contributed by atoms with Crippen molar-refractivity contribution in [1.29, 1.82) is 0 Å². The third-order valence-corrected chi connectivity index (χ3v) is 6.74. The van der Waals surface area contributed by atoms with Crippen LogP contribution >= 0.6 is 0 Å². The molecule has 8 heteroatoms. The molecule has 3 unspecified atom stereocenters. The third-order valence-electron chi connectivity index (χ3n) is 6.74. The highest BCUT2D eigenvalue weighted by Gasteiger charge is 2.49. The number of carbonyl (C=O) groups excluding carboxylic acids is 4. The van der Waals surface area contributed by atoms with Crippen molar-refractivity contribution in [1.82, 2.24) is 15.5 Å². The molecule has 1 aromatic carbocycles. The molecule has 28 heavy (non-hydrogen) atoms. The minimum Gasteiger partial charge on any atom is -0.383 e. The second-order valence-electron chi connectivity index (χ2n) is 8.17. The normalized spacial score (nSPS) is 31.4. The maximum Gasteiger partial charge on any atom is 0.262 e. The van der Waals surface area contributed by atoms with Crippen LogP contribution in [0, 0.1) is 5.92 Å². The first kappa shape index (κ1) is 17.4. The Balaban J connectivity index is 1.34. The summed E-state index contributed by atoms with van der Waals surface area (Å²) in [6, 6.07) is 4.21. The van der Waals surface area contributed by atoms with Crippen LogP contribution in [-0.4, -0.2) is 53.2 Å². The highest BCUT2D eigenvalue weighted by Crippen LogP contribution is 2.44. The Labute approximate surface area is 162 Å². The summed E-state index contributed by atoms with van der Waals surface area (Å²) >= 11 is 0. The van der Waals surface area contributed by atoms with Gasteiger partial charge in [0.05, 0.1) is 11.1 Å². The van der Waals surface area contributed by atoms with Gasteiger partial charge in [-0.05, 0) is 56.3 Å². The van der Waals surface area contributed by atoms with Crippen molar-refractivity contribution < 1.29 is 19.2 Å². The summed E-state index contributed by atoms with van der Waals surface area (Å²) in [6.45, 7) is 1.83. The average Bonchev–Trinajstić information content (AvgIpc) is 3.08. The lowest BCUT2D eigenvalue weighted by atomic mass is 9.68. The van der Waals surface area contributed by atoms with Crippen LogP contribution in [0.2, 0.25) is 0 Å². The summed E-state index contributed by atoms with van der Waals surface area (Å²) in [7, 11) is 0. The van der Waals surface area contributed by atoms with E-state index in [2.05, 4.69) is 16.0 Å². The molecular formula is C20H22N4O4. The molecule has 3 heterocycles. The first-order valence-electron chi connectivity index (χ1n) is 9.83. The molecule has 3 aliphatic heterocycles. The maximum atomic E-state index is 12.9. The van der Waals surface area contributed by atoms with E-state index in [0.717, 1.165) is 30.1 Å². The van der Waals surface area contributed by atoms with Gasteiger partial charge in [0, 0.05) is 24.2 Å². The van der Waals surface area contributed by atoms with Gasteiger partial charge >= 0.3 is 0 Å². The summed E-state index contributed by atoms with van der Waals surface area (Å²) in [4.78, 5) is 50.1. The van der Waals surface area contributed by atoms with Crippen molar-refractivity contribution in [2.75, 3.05) is 18.4 Å². The van der Waals surface area contributed by atoms with Crippen LogP contribution in [0.1, 0.15) is 52.8 Å². The number of nitrogens with zero attached hydrogens (tertiary/aromatic N) is 1. The zero-order valence-electron chi connectivity index (χ0n) is 15.4. The number of rotatable bonds is 4. The van der Waals surface area contributed by atoms with E-state index < -0.39 is 23.8 Å². The monoisotopic (exact) mass is 382 g/mol. The quantitative estimate of drug-likeness (QED) is 0.660. The molecule has 8 nitrogen and oxygen atoms in total. The molecular weight excluding hydrogens is 360 g/mol. The Morgan fingerprint density at radius 2 is 1.89 bits per heavy atom. The lowest BCUT2D eigenvalue weighted by Gasteiger charge is -2.45. The molecule has 3 N–H and O–H groups in total. The largest absolute Gasteiger partial charge is 0.383 e. The number of hydrogen-bond donors (Lipinski definition) is 3. The van der Waals surface area contributed by atoms with Crippen molar-refractivity contribution in [2.45, 2.75) is 43.7 Å². The number of carbonyl (C=O) groups is 4. The first-order chi connectivity index (χ1) is 13.5. The molecule has 4 amide bonds. The number of fused-ring (bicyclic) bond motifs is 2. The summed E-state index contributed by atoms with van der Waals surface area (Å²) in [5.41, 5.74) is 1.55. The van der Waals surface area contributed by atoms with Gasteiger partial charge in [0.15, 0.2) is 0 Å². The van der Waals surface area contributed by atoms with Gasteiger partial charge in [0.25, 0.3) is 11.8 Å². The number of hydrogen-bond acceptors (Lipinski definition) is 6. The molecule has 1 aromatic rings. The molecule has 4 aliphatic rings. The van der Waals surface area contributed by atoms with Crippen molar-refractivity contribution in [3.05, 3.63) is 29.3 Å². The Morgan fingerprint density at radius 3 is 2.61 bits per heavy atom. The lowest BCUT2D eigenvalue weighted by Crippen LogP contribution is -2.56. The van der Waals surface area contributed by atoms with E-state index in [4.69, 9.17) is 0 Å². The topological polar surface area (TPSA) is 108 Å². The van der Waals surface area contributed by atoms with Crippen molar-refractivity contribution >= 4 is 29.3 Å². The summed E-state index contributed by atoms with van der Waals surface area (Å²) in [5, 5.41) is 9.23. The van der Waals surface area contributed by atoms with Crippen LogP contribution in [-0.2, 0) is 9.59 Å². The molecule has 5 rings (SSSR count). The molecule has 0 radical (unpaired) electrons. The van der Waals surface area contributed by atoms with Crippen molar-refractivity contribution in [3.63, 3.8) is 0 Å². The zero-order chi connectivity index (χ0) is 19.5. The Bertz CT molecular complexity index is 913. The first-order valence-corrected chi connectivity index (χ1v) is 9.83. The van der Waals surface area contributed by atoms with E-state index >= 15 is 0 Å². The van der Waals surface area contributed by atoms with E-state index in [9.17, 15) is 19.2 Å². The fourth-order valence-electron chi connectivity index (χ4n) is 4.98. The maximum absolute atomic E-state index is 12.9. The summed E-state index contributed by atoms with van der Waals surface area (Å²) in [6.07, 6.45) is 3.90. The highest BCUT2D eigenvalue weighted by molar-refractivity contribution is 6.23. The van der Waals surface area contributed by atoms with Crippen LogP contribution in [0.25, 0.3) is 0 Å². The number of piperidine rings is 1. The minimum atomic E-state index is -0.932. The van der Waals surface area contributed by atoms with Crippen LogP contribution in [0.5, 0.6) is 0 Å². The number of benzene rings is 1. The van der Waals surface area contributed by atoms with Crippen LogP contribution < -0.4 is 16.0 Å². The Morgan fingerprint density at radius 1 is 1.07 bits per heavy atom.